The lowest BCUT2D eigenvalue weighted by molar-refractivity contribution is 0.0185. The molecule has 2 aromatic carbocycles. The number of ether oxygens (including phenoxy) is 6. The Morgan fingerprint density at radius 1 is 0.704 bits per heavy atom. The molecule has 4 heterocycles. The van der Waals surface area contributed by atoms with Gasteiger partial charge in [-0.15, -0.1) is 0 Å². The van der Waals surface area contributed by atoms with Crippen molar-refractivity contribution in [3.63, 3.8) is 0 Å². The van der Waals surface area contributed by atoms with Crippen molar-refractivity contribution in [1.82, 2.24) is 0 Å². The van der Waals surface area contributed by atoms with Crippen molar-refractivity contribution in [2.24, 2.45) is 11.8 Å². The fraction of sp³-hybridized carbons (Fsp3) is 0.400. The van der Waals surface area contributed by atoms with Crippen molar-refractivity contribution >= 4 is 0 Å². The van der Waals surface area contributed by atoms with Gasteiger partial charge >= 0.3 is 0 Å². The van der Waals surface area contributed by atoms with E-state index in [0.717, 1.165) is 22.6 Å². The average Bonchev–Trinajstić information content (AvgIpc) is 3.43. The molecule has 0 saturated carbocycles. The van der Waals surface area contributed by atoms with Crippen molar-refractivity contribution in [1.29, 1.82) is 0 Å². The van der Waals surface area contributed by atoms with Crippen LogP contribution in [0, 0.1) is 11.8 Å². The molecule has 2 saturated heterocycles. The van der Waals surface area contributed by atoms with Gasteiger partial charge in [-0.05, 0) is 23.8 Å². The van der Waals surface area contributed by atoms with Crippen LogP contribution in [0.5, 0.6) is 28.7 Å². The SMILES string of the molecule is Oc1cc2c(cc1[C@H]1OC[C@H]3[C@@H]1CO[C@H]3c1ccc3c(c1)OCO3)OCO2. The molecule has 0 aromatic heterocycles. The zero-order valence-electron chi connectivity index (χ0n) is 14.4. The van der Waals surface area contributed by atoms with E-state index in [-0.39, 0.29) is 43.4 Å². The van der Waals surface area contributed by atoms with Crippen LogP contribution in [0.2, 0.25) is 0 Å². The molecule has 27 heavy (non-hydrogen) atoms. The molecule has 140 valence electrons. The lowest BCUT2D eigenvalue weighted by Crippen LogP contribution is -2.14. The predicted molar refractivity (Wildman–Crippen MR) is 91.2 cm³/mol. The summed E-state index contributed by atoms with van der Waals surface area (Å²) < 4.78 is 33.9. The molecule has 4 aliphatic rings. The number of rotatable bonds is 2. The van der Waals surface area contributed by atoms with Gasteiger partial charge in [0.05, 0.1) is 25.4 Å². The first-order valence-electron chi connectivity index (χ1n) is 9.03. The highest BCUT2D eigenvalue weighted by molar-refractivity contribution is 5.52. The smallest absolute Gasteiger partial charge is 0.231 e. The Morgan fingerprint density at radius 2 is 1.33 bits per heavy atom. The van der Waals surface area contributed by atoms with Crippen LogP contribution in [0.1, 0.15) is 23.3 Å². The van der Waals surface area contributed by atoms with Gasteiger partial charge in [0.1, 0.15) is 5.75 Å². The minimum absolute atomic E-state index is 0.0642. The summed E-state index contributed by atoms with van der Waals surface area (Å²) in [4.78, 5) is 0. The van der Waals surface area contributed by atoms with Gasteiger partial charge in [-0.1, -0.05) is 6.07 Å². The molecule has 7 nitrogen and oxygen atoms in total. The van der Waals surface area contributed by atoms with E-state index in [1.54, 1.807) is 6.07 Å². The molecule has 0 unspecified atom stereocenters. The van der Waals surface area contributed by atoms with E-state index in [2.05, 4.69) is 0 Å². The molecular formula is C20H18O7. The number of hydrogen-bond acceptors (Lipinski definition) is 7. The Balaban J connectivity index is 1.29. The van der Waals surface area contributed by atoms with Crippen molar-refractivity contribution in [2.45, 2.75) is 12.2 Å². The molecule has 1 N–H and O–H groups in total. The molecule has 0 bridgehead atoms. The second-order valence-corrected chi connectivity index (χ2v) is 7.21. The molecule has 4 aliphatic heterocycles. The van der Waals surface area contributed by atoms with E-state index in [1.807, 2.05) is 24.3 Å². The third-order valence-electron chi connectivity index (χ3n) is 5.82. The molecule has 2 aromatic rings. The van der Waals surface area contributed by atoms with Crippen molar-refractivity contribution < 1.29 is 33.5 Å². The first-order valence-corrected chi connectivity index (χ1v) is 9.03. The normalized spacial score (nSPS) is 29.9. The highest BCUT2D eigenvalue weighted by Gasteiger charge is 2.49. The molecule has 0 spiro atoms. The van der Waals surface area contributed by atoms with E-state index in [4.69, 9.17) is 28.4 Å². The summed E-state index contributed by atoms with van der Waals surface area (Å²) >= 11 is 0. The van der Waals surface area contributed by atoms with E-state index in [0.29, 0.717) is 24.7 Å². The Kier molecular flexibility index (Phi) is 3.24. The van der Waals surface area contributed by atoms with Gasteiger partial charge in [-0.3, -0.25) is 0 Å². The Morgan fingerprint density at radius 3 is 2.15 bits per heavy atom. The van der Waals surface area contributed by atoms with Gasteiger partial charge in [-0.25, -0.2) is 0 Å². The molecule has 0 aliphatic carbocycles. The third-order valence-corrected chi connectivity index (χ3v) is 5.82. The van der Waals surface area contributed by atoms with Crippen LogP contribution in [0.25, 0.3) is 0 Å². The maximum atomic E-state index is 10.5. The maximum absolute atomic E-state index is 10.5. The molecular weight excluding hydrogens is 352 g/mol. The summed E-state index contributed by atoms with van der Waals surface area (Å²) in [6.45, 7) is 1.57. The quantitative estimate of drug-likeness (QED) is 0.871. The summed E-state index contributed by atoms with van der Waals surface area (Å²) in [5.74, 6) is 3.25. The third kappa shape index (κ3) is 2.28. The molecule has 6 rings (SSSR count). The van der Waals surface area contributed by atoms with Crippen LogP contribution in [0.3, 0.4) is 0 Å². The minimum Gasteiger partial charge on any atom is -0.507 e. The predicted octanol–water partition coefficient (Wildman–Crippen LogP) is 2.92. The zero-order chi connectivity index (χ0) is 18.0. The second kappa shape index (κ2) is 5.68. The zero-order valence-corrected chi connectivity index (χ0v) is 14.4. The fourth-order valence-electron chi connectivity index (χ4n) is 4.48. The van der Waals surface area contributed by atoms with E-state index < -0.39 is 0 Å². The van der Waals surface area contributed by atoms with Crippen LogP contribution >= 0.6 is 0 Å². The number of aromatic hydroxyl groups is 1. The van der Waals surface area contributed by atoms with Crippen molar-refractivity contribution in [3.8, 4) is 28.7 Å². The number of phenolic OH excluding ortho intramolecular Hbond substituents is 1. The van der Waals surface area contributed by atoms with Crippen molar-refractivity contribution in [2.75, 3.05) is 26.8 Å². The lowest BCUT2D eigenvalue weighted by atomic mass is 9.84. The standard InChI is InChI=1S/C20H18O7/c21-14-5-18-17(26-9-27-18)4-11(14)20-13-7-22-19(12(13)6-23-20)10-1-2-15-16(3-10)25-8-24-15/h1-5,12-13,19-21H,6-9H2/t12-,13-,19-,20+/m0/s1. The van der Waals surface area contributed by atoms with Gasteiger partial charge in [0.15, 0.2) is 23.0 Å². The monoisotopic (exact) mass is 370 g/mol. The molecule has 2 fully saturated rings. The van der Waals surface area contributed by atoms with Crippen LogP contribution in [0.4, 0.5) is 0 Å². The summed E-state index contributed by atoms with van der Waals surface area (Å²) in [5.41, 5.74) is 1.78. The van der Waals surface area contributed by atoms with E-state index in [1.165, 1.54) is 0 Å². The highest BCUT2D eigenvalue weighted by Crippen LogP contribution is 2.53. The highest BCUT2D eigenvalue weighted by atomic mass is 16.7. The molecule has 0 amide bonds. The lowest BCUT2D eigenvalue weighted by Gasteiger charge is -2.18. The van der Waals surface area contributed by atoms with Gasteiger partial charge in [-0.2, -0.15) is 0 Å². The largest absolute Gasteiger partial charge is 0.507 e. The fourth-order valence-corrected chi connectivity index (χ4v) is 4.48. The molecule has 4 atom stereocenters. The Bertz CT molecular complexity index is 911. The average molecular weight is 370 g/mol. The number of hydrogen-bond donors (Lipinski definition) is 1. The Hall–Kier alpha value is -2.64. The first-order chi connectivity index (χ1) is 13.3. The van der Waals surface area contributed by atoms with E-state index in [9.17, 15) is 5.11 Å². The van der Waals surface area contributed by atoms with Crippen LogP contribution < -0.4 is 18.9 Å². The number of benzene rings is 2. The summed E-state index contributed by atoms with van der Waals surface area (Å²) in [6, 6.07) is 9.34. The maximum Gasteiger partial charge on any atom is 0.231 e. The van der Waals surface area contributed by atoms with Gasteiger partial charge in [0.2, 0.25) is 13.6 Å². The van der Waals surface area contributed by atoms with Crippen LogP contribution in [0.15, 0.2) is 30.3 Å². The summed E-state index contributed by atoms with van der Waals surface area (Å²) in [7, 11) is 0. The molecule has 7 heteroatoms. The second-order valence-electron chi connectivity index (χ2n) is 7.21. The summed E-state index contributed by atoms with van der Waals surface area (Å²) in [6.07, 6.45) is -0.297. The van der Waals surface area contributed by atoms with Gasteiger partial charge in [0.25, 0.3) is 0 Å². The summed E-state index contributed by atoms with van der Waals surface area (Å²) in [5, 5.41) is 10.5. The first kappa shape index (κ1) is 15.4. The van der Waals surface area contributed by atoms with Crippen molar-refractivity contribution in [3.05, 3.63) is 41.5 Å². The number of phenols is 1. The minimum atomic E-state index is -0.233. The number of fused-ring (bicyclic) bond motifs is 3. The van der Waals surface area contributed by atoms with Gasteiger partial charge < -0.3 is 33.5 Å². The van der Waals surface area contributed by atoms with Crippen LogP contribution in [-0.4, -0.2) is 31.9 Å². The van der Waals surface area contributed by atoms with Gasteiger partial charge in [0, 0.05) is 23.5 Å². The molecule has 0 radical (unpaired) electrons. The van der Waals surface area contributed by atoms with E-state index >= 15 is 0 Å². The topological polar surface area (TPSA) is 75.6 Å². The Labute approximate surface area is 155 Å². The van der Waals surface area contributed by atoms with Crippen LogP contribution in [-0.2, 0) is 9.47 Å².